The van der Waals surface area contributed by atoms with Crippen LogP contribution in [0.4, 0.5) is 0 Å². The Morgan fingerprint density at radius 3 is 2.67 bits per heavy atom. The van der Waals surface area contributed by atoms with E-state index >= 15 is 0 Å². The number of aryl methyl sites for hydroxylation is 1. The maximum absolute atomic E-state index is 11.2. The summed E-state index contributed by atoms with van der Waals surface area (Å²) in [7, 11) is 0. The summed E-state index contributed by atoms with van der Waals surface area (Å²) in [6, 6.07) is 1.58. The maximum atomic E-state index is 11.2. The van der Waals surface area contributed by atoms with Crippen molar-refractivity contribution in [1.82, 2.24) is 4.98 Å². The van der Waals surface area contributed by atoms with Gasteiger partial charge in [0.15, 0.2) is 0 Å². The smallest absolute Gasteiger partial charge is 0.254 e. The number of nitrogens with zero attached hydrogens (tertiary/aromatic N) is 1. The highest BCUT2D eigenvalue weighted by atomic mass is 35.5. The highest BCUT2D eigenvalue weighted by molar-refractivity contribution is 6.29. The first-order valence-electron chi connectivity index (χ1n) is 4.55. The van der Waals surface area contributed by atoms with Gasteiger partial charge in [-0.05, 0) is 32.4 Å². The van der Waals surface area contributed by atoms with Gasteiger partial charge in [-0.1, -0.05) is 11.6 Å². The van der Waals surface area contributed by atoms with Gasteiger partial charge in [0.2, 0.25) is 5.88 Å². The molecule has 82 valence electrons. The third-order valence-electron chi connectivity index (χ3n) is 1.75. The van der Waals surface area contributed by atoms with Gasteiger partial charge in [-0.2, -0.15) is 0 Å². The van der Waals surface area contributed by atoms with E-state index in [9.17, 15) is 4.79 Å². The first-order valence-corrected chi connectivity index (χ1v) is 4.93. The lowest BCUT2D eigenvalue weighted by molar-refractivity contribution is 0.0992. The van der Waals surface area contributed by atoms with Crippen LogP contribution in [0.15, 0.2) is 6.07 Å². The van der Waals surface area contributed by atoms with Gasteiger partial charge < -0.3 is 10.5 Å². The van der Waals surface area contributed by atoms with Crippen LogP contribution in [0.1, 0.15) is 29.8 Å². The van der Waals surface area contributed by atoms with E-state index in [2.05, 4.69) is 4.98 Å². The molecule has 0 fully saturated rings. The molecule has 1 aromatic rings. The van der Waals surface area contributed by atoms with Crippen molar-refractivity contribution in [2.45, 2.75) is 26.9 Å². The van der Waals surface area contributed by atoms with Crippen LogP contribution in [-0.2, 0) is 0 Å². The van der Waals surface area contributed by atoms with E-state index in [4.69, 9.17) is 22.1 Å². The molecular formula is C10H13ClN2O2. The van der Waals surface area contributed by atoms with E-state index in [0.29, 0.717) is 5.56 Å². The highest BCUT2D eigenvalue weighted by Crippen LogP contribution is 2.23. The third kappa shape index (κ3) is 2.83. The normalized spacial score (nSPS) is 10.5. The van der Waals surface area contributed by atoms with Crippen molar-refractivity contribution in [2.24, 2.45) is 5.73 Å². The number of primary amides is 1. The molecule has 0 unspecified atom stereocenters. The SMILES string of the molecule is Cc1cc(Cl)nc(OC(C)C)c1C(N)=O. The summed E-state index contributed by atoms with van der Waals surface area (Å²) >= 11 is 5.77. The molecule has 2 N–H and O–H groups in total. The summed E-state index contributed by atoms with van der Waals surface area (Å²) in [5, 5.41) is 0.285. The van der Waals surface area contributed by atoms with Crippen molar-refractivity contribution >= 4 is 17.5 Å². The van der Waals surface area contributed by atoms with Crippen molar-refractivity contribution in [3.8, 4) is 5.88 Å². The fourth-order valence-electron chi connectivity index (χ4n) is 1.21. The van der Waals surface area contributed by atoms with E-state index < -0.39 is 5.91 Å². The zero-order valence-corrected chi connectivity index (χ0v) is 9.63. The minimum Gasteiger partial charge on any atom is -0.474 e. The van der Waals surface area contributed by atoms with Gasteiger partial charge in [0.25, 0.3) is 5.91 Å². The Labute approximate surface area is 93.4 Å². The van der Waals surface area contributed by atoms with Gasteiger partial charge >= 0.3 is 0 Å². The Balaban J connectivity index is 3.27. The number of rotatable bonds is 3. The van der Waals surface area contributed by atoms with Crippen LogP contribution < -0.4 is 10.5 Å². The van der Waals surface area contributed by atoms with E-state index in [0.717, 1.165) is 0 Å². The lowest BCUT2D eigenvalue weighted by Crippen LogP contribution is -2.18. The number of hydrogen-bond acceptors (Lipinski definition) is 3. The van der Waals surface area contributed by atoms with Crippen molar-refractivity contribution in [3.63, 3.8) is 0 Å². The van der Waals surface area contributed by atoms with Crippen LogP contribution in [0.3, 0.4) is 0 Å². The van der Waals surface area contributed by atoms with Crippen molar-refractivity contribution < 1.29 is 9.53 Å². The van der Waals surface area contributed by atoms with E-state index in [1.165, 1.54) is 0 Å². The summed E-state index contributed by atoms with van der Waals surface area (Å²) in [4.78, 5) is 15.1. The Bertz CT molecular complexity index is 391. The van der Waals surface area contributed by atoms with Crippen LogP contribution >= 0.6 is 11.6 Å². The van der Waals surface area contributed by atoms with Gasteiger partial charge in [-0.3, -0.25) is 4.79 Å². The number of amides is 1. The molecule has 1 heterocycles. The topological polar surface area (TPSA) is 65.2 Å². The van der Waals surface area contributed by atoms with Gasteiger partial charge in [-0.25, -0.2) is 4.98 Å². The molecule has 0 aliphatic heterocycles. The number of carbonyl (C=O) groups excluding carboxylic acids is 1. The molecule has 0 saturated heterocycles. The molecular weight excluding hydrogens is 216 g/mol. The summed E-state index contributed by atoms with van der Waals surface area (Å²) < 4.78 is 5.37. The molecule has 0 aliphatic rings. The van der Waals surface area contributed by atoms with Gasteiger partial charge in [0.1, 0.15) is 10.7 Å². The molecule has 0 bridgehead atoms. The monoisotopic (exact) mass is 228 g/mol. The summed E-state index contributed by atoms with van der Waals surface area (Å²) in [5.74, 6) is -0.366. The quantitative estimate of drug-likeness (QED) is 0.804. The predicted octanol–water partition coefficient (Wildman–Crippen LogP) is 1.93. The molecule has 15 heavy (non-hydrogen) atoms. The number of hydrogen-bond donors (Lipinski definition) is 1. The van der Waals surface area contributed by atoms with Crippen molar-refractivity contribution in [1.29, 1.82) is 0 Å². The Morgan fingerprint density at radius 2 is 2.20 bits per heavy atom. The molecule has 5 heteroatoms. The first kappa shape index (κ1) is 11.8. The third-order valence-corrected chi connectivity index (χ3v) is 1.94. The molecule has 0 aromatic carbocycles. The molecule has 0 radical (unpaired) electrons. The fraction of sp³-hybridized carbons (Fsp3) is 0.400. The molecule has 4 nitrogen and oxygen atoms in total. The van der Waals surface area contributed by atoms with Crippen LogP contribution in [0.25, 0.3) is 0 Å². The molecule has 0 aliphatic carbocycles. The van der Waals surface area contributed by atoms with Crippen molar-refractivity contribution in [2.75, 3.05) is 0 Å². The average Bonchev–Trinajstić information content (AvgIpc) is 1.99. The number of halogens is 1. The lowest BCUT2D eigenvalue weighted by atomic mass is 10.1. The zero-order chi connectivity index (χ0) is 11.6. The number of carbonyl (C=O) groups is 1. The first-order chi connectivity index (χ1) is 6.91. The van der Waals surface area contributed by atoms with Crippen LogP contribution in [-0.4, -0.2) is 17.0 Å². The number of aromatic nitrogens is 1. The molecule has 1 amide bonds. The largest absolute Gasteiger partial charge is 0.474 e. The second-order valence-corrected chi connectivity index (χ2v) is 3.86. The highest BCUT2D eigenvalue weighted by Gasteiger charge is 2.16. The molecule has 1 aromatic heterocycles. The summed E-state index contributed by atoms with van der Waals surface area (Å²) in [5.41, 5.74) is 6.19. The predicted molar refractivity (Wildman–Crippen MR) is 58.3 cm³/mol. The zero-order valence-electron chi connectivity index (χ0n) is 8.87. The van der Waals surface area contributed by atoms with Crippen molar-refractivity contribution in [3.05, 3.63) is 22.3 Å². The van der Waals surface area contributed by atoms with Crippen LogP contribution in [0.2, 0.25) is 5.15 Å². The van der Waals surface area contributed by atoms with Crippen LogP contribution in [0, 0.1) is 6.92 Å². The molecule has 0 saturated carbocycles. The Kier molecular flexibility index (Phi) is 3.52. The molecule has 0 spiro atoms. The Hall–Kier alpha value is -1.29. The minimum absolute atomic E-state index is 0.0894. The number of nitrogens with two attached hydrogens (primary N) is 1. The molecule has 0 atom stereocenters. The minimum atomic E-state index is -0.563. The second kappa shape index (κ2) is 4.49. The van der Waals surface area contributed by atoms with Gasteiger partial charge in [0, 0.05) is 0 Å². The summed E-state index contributed by atoms with van der Waals surface area (Å²) in [6.45, 7) is 5.41. The van der Waals surface area contributed by atoms with E-state index in [1.54, 1.807) is 13.0 Å². The van der Waals surface area contributed by atoms with E-state index in [1.807, 2.05) is 13.8 Å². The van der Waals surface area contributed by atoms with E-state index in [-0.39, 0.29) is 22.7 Å². The molecule has 1 rings (SSSR count). The fourth-order valence-corrected chi connectivity index (χ4v) is 1.45. The van der Waals surface area contributed by atoms with Crippen LogP contribution in [0.5, 0.6) is 5.88 Å². The standard InChI is InChI=1S/C10H13ClN2O2/c1-5(2)15-10-8(9(12)14)6(3)4-7(11)13-10/h4-5H,1-3H3,(H2,12,14). The average molecular weight is 229 g/mol. The summed E-state index contributed by atoms with van der Waals surface area (Å²) in [6.07, 6.45) is -0.0894. The second-order valence-electron chi connectivity index (χ2n) is 3.47. The Morgan fingerprint density at radius 1 is 1.60 bits per heavy atom. The number of ether oxygens (including phenoxy) is 1. The maximum Gasteiger partial charge on any atom is 0.254 e. The lowest BCUT2D eigenvalue weighted by Gasteiger charge is -2.13. The number of pyridine rings is 1. The van der Waals surface area contributed by atoms with Gasteiger partial charge in [-0.15, -0.1) is 0 Å². The van der Waals surface area contributed by atoms with Gasteiger partial charge in [0.05, 0.1) is 6.10 Å².